The number of carbonyl (C=O) groups excluding carboxylic acids is 3. The fourth-order valence-corrected chi connectivity index (χ4v) is 5.78. The standard InChI is InChI=1S/C22H27N3O5S2/c1-14(2)20(25-32(29,30)17-6-4-3-5-7-17)18(26)12-15-8-9-16-13-31-19(24-16)10-11-23-22(28)21(15)27/h3-7,13-15,20,25H,8-12H2,1-2H3,(H,23,28). The Kier molecular flexibility index (Phi) is 7.91. The van der Waals surface area contributed by atoms with Crippen LogP contribution in [0.4, 0.5) is 0 Å². The van der Waals surface area contributed by atoms with Crippen LogP contribution in [0.3, 0.4) is 0 Å². The van der Waals surface area contributed by atoms with Crippen molar-refractivity contribution < 1.29 is 22.8 Å². The molecule has 2 N–H and O–H groups in total. The average Bonchev–Trinajstić information content (AvgIpc) is 3.21. The summed E-state index contributed by atoms with van der Waals surface area (Å²) in [5.41, 5.74) is 0.829. The summed E-state index contributed by atoms with van der Waals surface area (Å²) < 4.78 is 28.0. The summed E-state index contributed by atoms with van der Waals surface area (Å²) in [6.07, 6.45) is 1.08. The third kappa shape index (κ3) is 6.08. The molecule has 3 rings (SSSR count). The molecule has 0 saturated heterocycles. The van der Waals surface area contributed by atoms with Gasteiger partial charge in [0, 0.05) is 30.7 Å². The SMILES string of the molecule is CC(C)C(NS(=O)(=O)c1ccccc1)C(=O)CC1CCc2csc(n2)CCNC(=O)C1=O. The van der Waals surface area contributed by atoms with Crippen molar-refractivity contribution >= 4 is 38.8 Å². The zero-order valence-corrected chi connectivity index (χ0v) is 19.7. The van der Waals surface area contributed by atoms with Crippen molar-refractivity contribution in [2.45, 2.75) is 50.5 Å². The molecule has 10 heteroatoms. The van der Waals surface area contributed by atoms with Gasteiger partial charge in [0.1, 0.15) is 0 Å². The van der Waals surface area contributed by atoms with Crippen molar-refractivity contribution in [3.05, 3.63) is 46.4 Å². The minimum atomic E-state index is -3.92. The number of hydrogen-bond donors (Lipinski definition) is 2. The molecule has 0 fully saturated rings. The molecular weight excluding hydrogens is 450 g/mol. The predicted molar refractivity (Wildman–Crippen MR) is 121 cm³/mol. The summed E-state index contributed by atoms with van der Waals surface area (Å²) in [4.78, 5) is 42.8. The average molecular weight is 478 g/mol. The smallest absolute Gasteiger partial charge is 0.287 e. The number of thiazole rings is 1. The number of hydrogen-bond acceptors (Lipinski definition) is 7. The maximum atomic E-state index is 13.1. The molecule has 8 nitrogen and oxygen atoms in total. The topological polar surface area (TPSA) is 122 Å². The molecule has 2 bridgehead atoms. The van der Waals surface area contributed by atoms with Crippen molar-refractivity contribution in [2.24, 2.45) is 11.8 Å². The number of aryl methyl sites for hydroxylation is 1. The van der Waals surface area contributed by atoms with Crippen molar-refractivity contribution in [1.82, 2.24) is 15.0 Å². The molecule has 0 radical (unpaired) electrons. The largest absolute Gasteiger partial charge is 0.349 e. The lowest BCUT2D eigenvalue weighted by molar-refractivity contribution is -0.141. The van der Waals surface area contributed by atoms with E-state index in [0.717, 1.165) is 10.7 Å². The highest BCUT2D eigenvalue weighted by molar-refractivity contribution is 7.89. The Morgan fingerprint density at radius 2 is 1.94 bits per heavy atom. The summed E-state index contributed by atoms with van der Waals surface area (Å²) >= 11 is 1.50. The van der Waals surface area contributed by atoms with Gasteiger partial charge in [-0.05, 0) is 30.9 Å². The number of fused-ring (bicyclic) bond motifs is 2. The van der Waals surface area contributed by atoms with Gasteiger partial charge in [0.15, 0.2) is 5.78 Å². The van der Waals surface area contributed by atoms with Crippen LogP contribution in [0.25, 0.3) is 0 Å². The fraction of sp³-hybridized carbons (Fsp3) is 0.455. The van der Waals surface area contributed by atoms with Crippen molar-refractivity contribution in [3.8, 4) is 0 Å². The van der Waals surface area contributed by atoms with E-state index in [1.54, 1.807) is 32.0 Å². The molecule has 1 aliphatic heterocycles. The monoisotopic (exact) mass is 477 g/mol. The molecule has 0 aliphatic carbocycles. The van der Waals surface area contributed by atoms with Crippen LogP contribution in [-0.4, -0.2) is 43.5 Å². The van der Waals surface area contributed by atoms with Gasteiger partial charge in [-0.3, -0.25) is 14.4 Å². The van der Waals surface area contributed by atoms with E-state index in [4.69, 9.17) is 0 Å². The van der Waals surface area contributed by atoms with E-state index in [9.17, 15) is 22.8 Å². The third-order valence-corrected chi connectivity index (χ3v) is 7.78. The van der Waals surface area contributed by atoms with E-state index in [1.807, 2.05) is 5.38 Å². The minimum absolute atomic E-state index is 0.0585. The number of nitrogens with zero attached hydrogens (tertiary/aromatic N) is 1. The van der Waals surface area contributed by atoms with Crippen LogP contribution in [-0.2, 0) is 37.2 Å². The van der Waals surface area contributed by atoms with E-state index in [1.165, 1.54) is 23.5 Å². The molecule has 1 amide bonds. The molecule has 172 valence electrons. The first-order valence-corrected chi connectivity index (χ1v) is 12.9. The van der Waals surface area contributed by atoms with Crippen molar-refractivity contribution in [1.29, 1.82) is 0 Å². The van der Waals surface area contributed by atoms with Crippen LogP contribution in [0.15, 0.2) is 40.6 Å². The van der Waals surface area contributed by atoms with Gasteiger partial charge in [0.05, 0.1) is 21.6 Å². The van der Waals surface area contributed by atoms with Crippen molar-refractivity contribution in [2.75, 3.05) is 6.54 Å². The van der Waals surface area contributed by atoms with Crippen molar-refractivity contribution in [3.63, 3.8) is 0 Å². The van der Waals surface area contributed by atoms with Gasteiger partial charge in [-0.15, -0.1) is 11.3 Å². The highest BCUT2D eigenvalue weighted by Crippen LogP contribution is 2.21. The lowest BCUT2D eigenvalue weighted by Crippen LogP contribution is -2.46. The molecule has 32 heavy (non-hydrogen) atoms. The highest BCUT2D eigenvalue weighted by Gasteiger charge is 2.33. The summed E-state index contributed by atoms with van der Waals surface area (Å²) in [5.74, 6) is -2.96. The van der Waals surface area contributed by atoms with E-state index >= 15 is 0 Å². The second kappa shape index (κ2) is 10.5. The Morgan fingerprint density at radius 3 is 2.62 bits per heavy atom. The molecule has 1 aromatic carbocycles. The van der Waals surface area contributed by atoms with Crippen LogP contribution in [0, 0.1) is 11.8 Å². The van der Waals surface area contributed by atoms with Gasteiger partial charge >= 0.3 is 0 Å². The predicted octanol–water partition coefficient (Wildman–Crippen LogP) is 1.90. The Balaban J connectivity index is 1.77. The fourth-order valence-electron chi connectivity index (χ4n) is 3.56. The summed E-state index contributed by atoms with van der Waals surface area (Å²) in [6, 6.07) is 6.79. The lowest BCUT2D eigenvalue weighted by Gasteiger charge is -2.23. The number of benzene rings is 1. The maximum Gasteiger partial charge on any atom is 0.287 e. The van der Waals surface area contributed by atoms with Crippen LogP contribution in [0.5, 0.6) is 0 Å². The van der Waals surface area contributed by atoms with Crippen LogP contribution in [0.1, 0.15) is 37.4 Å². The van der Waals surface area contributed by atoms with E-state index < -0.39 is 39.5 Å². The summed E-state index contributed by atoms with van der Waals surface area (Å²) in [7, 11) is -3.92. The Morgan fingerprint density at radius 1 is 1.22 bits per heavy atom. The van der Waals surface area contributed by atoms with E-state index in [2.05, 4.69) is 15.0 Å². The van der Waals surface area contributed by atoms with Gasteiger partial charge < -0.3 is 5.32 Å². The van der Waals surface area contributed by atoms with E-state index in [-0.39, 0.29) is 23.7 Å². The zero-order valence-electron chi connectivity index (χ0n) is 18.0. The first-order chi connectivity index (χ1) is 15.2. The first kappa shape index (κ1) is 24.2. The van der Waals surface area contributed by atoms with Crippen LogP contribution < -0.4 is 10.0 Å². The molecule has 2 aromatic rings. The number of aromatic nitrogens is 1. The number of rotatable bonds is 7. The molecule has 2 unspecified atom stereocenters. The van der Waals surface area contributed by atoms with Crippen LogP contribution >= 0.6 is 11.3 Å². The summed E-state index contributed by atoms with van der Waals surface area (Å²) in [5, 5.41) is 5.41. The number of nitrogens with one attached hydrogen (secondary N) is 2. The number of Topliss-reactive ketones (excluding diaryl/α,β-unsaturated/α-hetero) is 2. The van der Waals surface area contributed by atoms with Gasteiger partial charge in [-0.1, -0.05) is 32.0 Å². The summed E-state index contributed by atoms with van der Waals surface area (Å²) in [6.45, 7) is 3.77. The Labute approximate surface area is 191 Å². The van der Waals surface area contributed by atoms with Crippen LogP contribution in [0.2, 0.25) is 0 Å². The van der Waals surface area contributed by atoms with Gasteiger partial charge in [0.2, 0.25) is 15.8 Å². The Bertz CT molecular complexity index is 1080. The molecular formula is C22H27N3O5S2. The second-order valence-electron chi connectivity index (χ2n) is 8.16. The molecule has 2 heterocycles. The third-order valence-electron chi connectivity index (χ3n) is 5.36. The molecule has 0 saturated carbocycles. The number of amides is 1. The number of sulfonamides is 1. The number of ketones is 2. The Hall–Kier alpha value is -2.43. The van der Waals surface area contributed by atoms with Gasteiger partial charge in [-0.2, -0.15) is 0 Å². The minimum Gasteiger partial charge on any atom is -0.349 e. The zero-order chi connectivity index (χ0) is 23.3. The number of carbonyl (C=O) groups is 3. The van der Waals surface area contributed by atoms with E-state index in [0.29, 0.717) is 19.4 Å². The lowest BCUT2D eigenvalue weighted by atomic mass is 9.87. The molecule has 1 aliphatic rings. The molecule has 2 atom stereocenters. The van der Waals surface area contributed by atoms with Gasteiger partial charge in [0.25, 0.3) is 5.91 Å². The highest BCUT2D eigenvalue weighted by atomic mass is 32.2. The molecule has 1 aromatic heterocycles. The molecule has 0 spiro atoms. The quantitative estimate of drug-likeness (QED) is 0.587. The first-order valence-electron chi connectivity index (χ1n) is 10.5. The normalized spacial score (nSPS) is 18.7. The second-order valence-corrected chi connectivity index (χ2v) is 10.8. The van der Waals surface area contributed by atoms with Gasteiger partial charge in [-0.25, -0.2) is 18.1 Å². The maximum absolute atomic E-state index is 13.1.